The molecule has 4 nitrogen and oxygen atoms in total. The van der Waals surface area contributed by atoms with Gasteiger partial charge >= 0.3 is 6.09 Å². The number of likely N-dealkylation sites (tertiary alicyclic amines) is 1. The molecule has 100 valence electrons. The topological polar surface area (TPSA) is 49.8 Å². The molecule has 0 spiro atoms. The zero-order valence-electron chi connectivity index (χ0n) is 11.6. The van der Waals surface area contributed by atoms with Crippen molar-refractivity contribution in [2.45, 2.75) is 65.2 Å². The van der Waals surface area contributed by atoms with Crippen LogP contribution >= 0.6 is 0 Å². The third-order valence-electron chi connectivity index (χ3n) is 3.01. The van der Waals surface area contributed by atoms with Crippen molar-refractivity contribution in [1.29, 1.82) is 0 Å². The van der Waals surface area contributed by atoms with E-state index in [0.29, 0.717) is 25.3 Å². The van der Waals surface area contributed by atoms with Crippen molar-refractivity contribution < 1.29 is 14.6 Å². The van der Waals surface area contributed by atoms with Crippen molar-refractivity contribution in [1.82, 2.24) is 4.90 Å². The van der Waals surface area contributed by atoms with Gasteiger partial charge in [0.15, 0.2) is 0 Å². The van der Waals surface area contributed by atoms with Gasteiger partial charge in [-0.1, -0.05) is 13.8 Å². The average Bonchev–Trinajstić information content (AvgIpc) is 2.14. The van der Waals surface area contributed by atoms with Crippen LogP contribution < -0.4 is 0 Å². The Morgan fingerprint density at radius 3 is 2.47 bits per heavy atom. The molecular formula is C13H25NO3. The van der Waals surface area contributed by atoms with Crippen molar-refractivity contribution in [2.24, 2.45) is 5.92 Å². The number of rotatable bonds is 1. The summed E-state index contributed by atoms with van der Waals surface area (Å²) in [6.45, 7) is 10.3. The standard InChI is InChI=1S/C13H25NO3/c1-9(2)11-8-10(15)6-7-14(11)12(16)17-13(3,4)5/h9-11,15H,6-8H2,1-5H3. The SMILES string of the molecule is CC(C)C1CC(O)CCN1C(=O)OC(C)(C)C. The average molecular weight is 243 g/mol. The van der Waals surface area contributed by atoms with Crippen LogP contribution in [0.4, 0.5) is 4.79 Å². The summed E-state index contributed by atoms with van der Waals surface area (Å²) in [5.74, 6) is 0.331. The third kappa shape index (κ3) is 4.19. The molecule has 0 aromatic carbocycles. The molecule has 1 N–H and O–H groups in total. The number of carbonyl (C=O) groups excluding carboxylic acids is 1. The molecule has 0 radical (unpaired) electrons. The van der Waals surface area contributed by atoms with Crippen LogP contribution in [0.15, 0.2) is 0 Å². The molecule has 0 aromatic heterocycles. The second-order valence-corrected chi connectivity index (χ2v) is 6.16. The van der Waals surface area contributed by atoms with Gasteiger partial charge < -0.3 is 14.7 Å². The van der Waals surface area contributed by atoms with Crippen LogP contribution in [0.25, 0.3) is 0 Å². The summed E-state index contributed by atoms with van der Waals surface area (Å²) in [4.78, 5) is 13.8. The predicted molar refractivity (Wildman–Crippen MR) is 66.8 cm³/mol. The van der Waals surface area contributed by atoms with E-state index in [0.717, 1.165) is 0 Å². The summed E-state index contributed by atoms with van der Waals surface area (Å²) in [6, 6.07) is 0.0774. The van der Waals surface area contributed by atoms with Crippen LogP contribution in [0.3, 0.4) is 0 Å². The van der Waals surface area contributed by atoms with Crippen LogP contribution in [-0.2, 0) is 4.74 Å². The quantitative estimate of drug-likeness (QED) is 0.769. The molecule has 4 heteroatoms. The Morgan fingerprint density at radius 1 is 1.41 bits per heavy atom. The second kappa shape index (κ2) is 5.25. The first-order chi connectivity index (χ1) is 7.70. The van der Waals surface area contributed by atoms with Crippen molar-refractivity contribution in [3.8, 4) is 0 Å². The number of ether oxygens (including phenoxy) is 1. The second-order valence-electron chi connectivity index (χ2n) is 6.16. The van der Waals surface area contributed by atoms with Crippen LogP contribution in [0.5, 0.6) is 0 Å². The summed E-state index contributed by atoms with van der Waals surface area (Å²) >= 11 is 0. The van der Waals surface area contributed by atoms with E-state index in [1.165, 1.54) is 0 Å². The molecule has 1 saturated heterocycles. The molecule has 1 heterocycles. The van der Waals surface area contributed by atoms with Gasteiger partial charge in [0.1, 0.15) is 5.60 Å². The highest BCUT2D eigenvalue weighted by atomic mass is 16.6. The Hall–Kier alpha value is -0.770. The summed E-state index contributed by atoms with van der Waals surface area (Å²) in [6.07, 6.45) is 0.739. The highest BCUT2D eigenvalue weighted by molar-refractivity contribution is 5.68. The lowest BCUT2D eigenvalue weighted by molar-refractivity contribution is -0.0164. The van der Waals surface area contributed by atoms with Crippen molar-refractivity contribution >= 4 is 6.09 Å². The zero-order chi connectivity index (χ0) is 13.2. The number of hydrogen-bond donors (Lipinski definition) is 1. The van der Waals surface area contributed by atoms with Crippen molar-refractivity contribution in [3.05, 3.63) is 0 Å². The number of aliphatic hydroxyl groups excluding tert-OH is 1. The van der Waals surface area contributed by atoms with Gasteiger partial charge in [-0.05, 0) is 39.5 Å². The summed E-state index contributed by atoms with van der Waals surface area (Å²) in [5.41, 5.74) is -0.464. The molecule has 1 rings (SSSR count). The molecular weight excluding hydrogens is 218 g/mol. The van der Waals surface area contributed by atoms with E-state index < -0.39 is 5.60 Å². The normalized spacial score (nSPS) is 26.2. The van der Waals surface area contributed by atoms with Gasteiger partial charge in [0.25, 0.3) is 0 Å². The molecule has 1 aliphatic rings. The molecule has 0 bridgehead atoms. The van der Waals surface area contributed by atoms with Crippen molar-refractivity contribution in [2.75, 3.05) is 6.54 Å². The maximum absolute atomic E-state index is 12.1. The molecule has 1 aliphatic heterocycles. The maximum Gasteiger partial charge on any atom is 0.410 e. The zero-order valence-corrected chi connectivity index (χ0v) is 11.6. The molecule has 0 aliphatic carbocycles. The highest BCUT2D eigenvalue weighted by Crippen LogP contribution is 2.25. The van der Waals surface area contributed by atoms with Gasteiger partial charge in [0.2, 0.25) is 0 Å². The fraction of sp³-hybridized carbons (Fsp3) is 0.923. The monoisotopic (exact) mass is 243 g/mol. The molecule has 2 atom stereocenters. The molecule has 1 amide bonds. The van der Waals surface area contributed by atoms with Gasteiger partial charge in [-0.25, -0.2) is 4.79 Å². The Kier molecular flexibility index (Phi) is 4.42. The van der Waals surface area contributed by atoms with E-state index in [2.05, 4.69) is 13.8 Å². The summed E-state index contributed by atoms with van der Waals surface area (Å²) in [5, 5.41) is 9.68. The minimum atomic E-state index is -0.464. The number of hydrogen-bond acceptors (Lipinski definition) is 3. The van der Waals surface area contributed by atoms with E-state index in [1.807, 2.05) is 20.8 Å². The van der Waals surface area contributed by atoms with E-state index >= 15 is 0 Å². The minimum Gasteiger partial charge on any atom is -0.444 e. The Morgan fingerprint density at radius 2 is 2.00 bits per heavy atom. The molecule has 1 fully saturated rings. The van der Waals surface area contributed by atoms with E-state index in [9.17, 15) is 9.90 Å². The van der Waals surface area contributed by atoms with Crippen molar-refractivity contribution in [3.63, 3.8) is 0 Å². The van der Waals surface area contributed by atoms with Gasteiger partial charge in [-0.3, -0.25) is 0 Å². The van der Waals surface area contributed by atoms with E-state index in [-0.39, 0.29) is 18.2 Å². The van der Waals surface area contributed by atoms with Gasteiger partial charge in [0, 0.05) is 12.6 Å². The lowest BCUT2D eigenvalue weighted by Crippen LogP contribution is -2.51. The van der Waals surface area contributed by atoms with Gasteiger partial charge in [-0.2, -0.15) is 0 Å². The van der Waals surface area contributed by atoms with E-state index in [4.69, 9.17) is 4.74 Å². The number of carbonyl (C=O) groups is 1. The molecule has 0 saturated carbocycles. The summed E-state index contributed by atoms with van der Waals surface area (Å²) < 4.78 is 5.40. The smallest absolute Gasteiger partial charge is 0.410 e. The molecule has 17 heavy (non-hydrogen) atoms. The first kappa shape index (κ1) is 14.3. The van der Waals surface area contributed by atoms with Crippen LogP contribution in [-0.4, -0.2) is 40.4 Å². The van der Waals surface area contributed by atoms with E-state index in [1.54, 1.807) is 4.90 Å². The Labute approximate surface area is 104 Å². The number of aliphatic hydroxyl groups is 1. The van der Waals surface area contributed by atoms with Crippen LogP contribution in [0.1, 0.15) is 47.5 Å². The van der Waals surface area contributed by atoms with Gasteiger partial charge in [-0.15, -0.1) is 0 Å². The van der Waals surface area contributed by atoms with Crippen LogP contribution in [0, 0.1) is 5.92 Å². The lowest BCUT2D eigenvalue weighted by Gasteiger charge is -2.40. The largest absolute Gasteiger partial charge is 0.444 e. The Balaban J connectivity index is 2.70. The molecule has 0 aromatic rings. The van der Waals surface area contributed by atoms with Crippen LogP contribution in [0.2, 0.25) is 0 Å². The fourth-order valence-electron chi connectivity index (χ4n) is 2.16. The fourth-order valence-corrected chi connectivity index (χ4v) is 2.16. The Bertz CT molecular complexity index is 270. The summed E-state index contributed by atoms with van der Waals surface area (Å²) in [7, 11) is 0. The van der Waals surface area contributed by atoms with Gasteiger partial charge in [0.05, 0.1) is 6.10 Å². The molecule has 2 unspecified atom stereocenters. The first-order valence-corrected chi connectivity index (χ1v) is 6.38. The first-order valence-electron chi connectivity index (χ1n) is 6.38. The number of nitrogens with zero attached hydrogens (tertiary/aromatic N) is 1. The maximum atomic E-state index is 12.1. The predicted octanol–water partition coefficient (Wildman–Crippen LogP) is 2.40. The number of piperidine rings is 1. The minimum absolute atomic E-state index is 0.0774. The highest BCUT2D eigenvalue weighted by Gasteiger charge is 2.34. The number of amides is 1. The lowest BCUT2D eigenvalue weighted by atomic mass is 9.91. The third-order valence-corrected chi connectivity index (χ3v) is 3.01.